The Kier molecular flexibility index (Phi) is 6.47. The fourth-order valence-corrected chi connectivity index (χ4v) is 9.64. The summed E-state index contributed by atoms with van der Waals surface area (Å²) in [6.45, 7) is 16.5. The van der Waals surface area contributed by atoms with Crippen LogP contribution in [0.1, 0.15) is 132 Å². The van der Waals surface area contributed by atoms with Gasteiger partial charge in [0, 0.05) is 0 Å². The third-order valence-electron chi connectivity index (χ3n) is 12.5. The molecule has 1 N–H and O–H groups in total. The van der Waals surface area contributed by atoms with Gasteiger partial charge in [0.25, 0.3) is 0 Å². The Labute approximate surface area is 194 Å². The Morgan fingerprint density at radius 1 is 0.839 bits per heavy atom. The standard InChI is InChI=1S/C30H54O/c1-21(11-10-18-27(2,3)28(4,5)31)24-15-16-25-23-14-13-22-12-8-9-19-29(22,6)26(23)17-20-30(24,25)7/h21-26,31H,8-20H2,1-7H3/t21-,22?,23+,24-,25+,26+,29+,30-/m1/s1. The molecule has 0 aromatic rings. The van der Waals surface area contributed by atoms with Gasteiger partial charge in [-0.1, -0.05) is 60.3 Å². The summed E-state index contributed by atoms with van der Waals surface area (Å²) in [6, 6.07) is 0. The molecule has 0 amide bonds. The lowest BCUT2D eigenvalue weighted by Gasteiger charge is -2.61. The molecule has 0 bridgehead atoms. The third kappa shape index (κ3) is 4.06. The summed E-state index contributed by atoms with van der Waals surface area (Å²) in [6.07, 6.45) is 18.9. The van der Waals surface area contributed by atoms with Crippen LogP contribution in [0.2, 0.25) is 0 Å². The van der Waals surface area contributed by atoms with Gasteiger partial charge in [-0.05, 0) is 123 Å². The van der Waals surface area contributed by atoms with Gasteiger partial charge in [-0.2, -0.15) is 0 Å². The zero-order valence-electron chi connectivity index (χ0n) is 22.1. The van der Waals surface area contributed by atoms with Gasteiger partial charge in [0.2, 0.25) is 0 Å². The molecule has 0 aromatic carbocycles. The van der Waals surface area contributed by atoms with Crippen molar-refractivity contribution in [1.82, 2.24) is 0 Å². The Balaban J connectivity index is 1.40. The molecule has 8 atom stereocenters. The molecule has 1 nitrogen and oxygen atoms in total. The van der Waals surface area contributed by atoms with Crippen molar-refractivity contribution in [3.05, 3.63) is 0 Å². The molecule has 0 heterocycles. The fourth-order valence-electron chi connectivity index (χ4n) is 9.64. The third-order valence-corrected chi connectivity index (χ3v) is 12.5. The molecule has 180 valence electrons. The molecule has 4 rings (SSSR count). The Hall–Kier alpha value is -0.0400. The van der Waals surface area contributed by atoms with Crippen LogP contribution in [0.25, 0.3) is 0 Å². The maximum atomic E-state index is 10.5. The molecule has 0 saturated heterocycles. The summed E-state index contributed by atoms with van der Waals surface area (Å²) < 4.78 is 0. The fraction of sp³-hybridized carbons (Fsp3) is 1.00. The van der Waals surface area contributed by atoms with Crippen LogP contribution >= 0.6 is 0 Å². The lowest BCUT2D eigenvalue weighted by molar-refractivity contribution is -0.114. The van der Waals surface area contributed by atoms with Crippen LogP contribution < -0.4 is 0 Å². The zero-order chi connectivity index (χ0) is 22.7. The molecule has 1 unspecified atom stereocenters. The summed E-state index contributed by atoms with van der Waals surface area (Å²) in [7, 11) is 0. The van der Waals surface area contributed by atoms with Crippen molar-refractivity contribution in [2.45, 2.75) is 138 Å². The van der Waals surface area contributed by atoms with Crippen molar-refractivity contribution in [2.75, 3.05) is 0 Å². The van der Waals surface area contributed by atoms with Crippen molar-refractivity contribution >= 4 is 0 Å². The lowest BCUT2D eigenvalue weighted by atomic mass is 9.44. The summed E-state index contributed by atoms with van der Waals surface area (Å²) >= 11 is 0. The van der Waals surface area contributed by atoms with Crippen LogP contribution in [0.4, 0.5) is 0 Å². The maximum absolute atomic E-state index is 10.5. The monoisotopic (exact) mass is 430 g/mol. The van der Waals surface area contributed by atoms with Crippen LogP contribution in [0, 0.1) is 51.8 Å². The van der Waals surface area contributed by atoms with Crippen molar-refractivity contribution in [3.63, 3.8) is 0 Å². The average molecular weight is 431 g/mol. The molecule has 4 saturated carbocycles. The lowest BCUT2D eigenvalue weighted by Crippen LogP contribution is -2.53. The van der Waals surface area contributed by atoms with Crippen molar-refractivity contribution in [1.29, 1.82) is 0 Å². The molecule has 31 heavy (non-hydrogen) atoms. The van der Waals surface area contributed by atoms with Gasteiger partial charge in [0.1, 0.15) is 0 Å². The highest BCUT2D eigenvalue weighted by atomic mass is 16.3. The summed E-state index contributed by atoms with van der Waals surface area (Å²) in [5.74, 6) is 5.88. The molecule has 4 fully saturated rings. The van der Waals surface area contributed by atoms with Crippen molar-refractivity contribution < 1.29 is 5.11 Å². The molecular formula is C30H54O. The highest BCUT2D eigenvalue weighted by Gasteiger charge is 2.60. The number of hydrogen-bond acceptors (Lipinski definition) is 1. The predicted octanol–water partition coefficient (Wildman–Crippen LogP) is 8.64. The second kappa shape index (κ2) is 8.32. The van der Waals surface area contributed by atoms with Crippen LogP contribution in [-0.2, 0) is 0 Å². The van der Waals surface area contributed by atoms with E-state index in [1.165, 1.54) is 70.6 Å². The Morgan fingerprint density at radius 3 is 2.26 bits per heavy atom. The van der Waals surface area contributed by atoms with E-state index in [0.717, 1.165) is 41.9 Å². The first-order valence-corrected chi connectivity index (χ1v) is 14.1. The van der Waals surface area contributed by atoms with Crippen LogP contribution in [0.3, 0.4) is 0 Å². The van der Waals surface area contributed by atoms with Crippen LogP contribution in [0.5, 0.6) is 0 Å². The minimum absolute atomic E-state index is 0.000964. The molecule has 1 heteroatoms. The van der Waals surface area contributed by atoms with Gasteiger partial charge in [-0.25, -0.2) is 0 Å². The Bertz CT molecular complexity index is 629. The molecule has 4 aliphatic carbocycles. The second-order valence-corrected chi connectivity index (χ2v) is 14.4. The van der Waals surface area contributed by atoms with Gasteiger partial charge < -0.3 is 5.11 Å². The van der Waals surface area contributed by atoms with E-state index in [1.807, 2.05) is 13.8 Å². The number of hydrogen-bond donors (Lipinski definition) is 1. The smallest absolute Gasteiger partial charge is 0.0642 e. The van der Waals surface area contributed by atoms with Crippen LogP contribution in [0.15, 0.2) is 0 Å². The second-order valence-electron chi connectivity index (χ2n) is 14.4. The SMILES string of the molecule is C[C@H](CCCC(C)(C)C(C)(C)O)[C@H]1CC[C@H]2[C@@H]3CCC4CCCC[C@]4(C)[C@H]3CC[C@]12C. The molecule has 4 aliphatic rings. The molecule has 0 aromatic heterocycles. The van der Waals surface area contributed by atoms with Crippen molar-refractivity contribution in [3.8, 4) is 0 Å². The number of rotatable bonds is 6. The van der Waals surface area contributed by atoms with E-state index in [2.05, 4.69) is 34.6 Å². The highest BCUT2D eigenvalue weighted by Crippen LogP contribution is 2.68. The van der Waals surface area contributed by atoms with E-state index in [4.69, 9.17) is 0 Å². The van der Waals surface area contributed by atoms with E-state index in [9.17, 15) is 5.11 Å². The molecule has 0 radical (unpaired) electrons. The molecule has 0 spiro atoms. The minimum Gasteiger partial charge on any atom is -0.390 e. The quantitative estimate of drug-likeness (QED) is 0.447. The zero-order valence-corrected chi connectivity index (χ0v) is 22.1. The summed E-state index contributed by atoms with van der Waals surface area (Å²) in [5, 5.41) is 10.5. The summed E-state index contributed by atoms with van der Waals surface area (Å²) in [4.78, 5) is 0. The van der Waals surface area contributed by atoms with E-state index in [1.54, 1.807) is 6.42 Å². The van der Waals surface area contributed by atoms with E-state index in [0.29, 0.717) is 10.8 Å². The first-order valence-electron chi connectivity index (χ1n) is 14.1. The van der Waals surface area contributed by atoms with Crippen molar-refractivity contribution in [2.24, 2.45) is 51.8 Å². The largest absolute Gasteiger partial charge is 0.390 e. The van der Waals surface area contributed by atoms with Gasteiger partial charge in [0.15, 0.2) is 0 Å². The first-order chi connectivity index (χ1) is 14.4. The highest BCUT2D eigenvalue weighted by molar-refractivity contribution is 5.09. The van der Waals surface area contributed by atoms with Crippen LogP contribution in [-0.4, -0.2) is 10.7 Å². The van der Waals surface area contributed by atoms with Gasteiger partial charge >= 0.3 is 0 Å². The predicted molar refractivity (Wildman–Crippen MR) is 133 cm³/mol. The number of aliphatic hydroxyl groups is 1. The normalized spacial score (nSPS) is 44.3. The van der Waals surface area contributed by atoms with E-state index >= 15 is 0 Å². The van der Waals surface area contributed by atoms with Gasteiger partial charge in [-0.15, -0.1) is 0 Å². The average Bonchev–Trinajstić information content (AvgIpc) is 3.03. The molecular weight excluding hydrogens is 376 g/mol. The Morgan fingerprint density at radius 2 is 1.55 bits per heavy atom. The van der Waals surface area contributed by atoms with E-state index < -0.39 is 5.60 Å². The number of fused-ring (bicyclic) bond motifs is 5. The van der Waals surface area contributed by atoms with E-state index in [-0.39, 0.29) is 5.41 Å². The molecule has 0 aliphatic heterocycles. The first kappa shape index (κ1) is 24.1. The van der Waals surface area contributed by atoms with Gasteiger partial charge in [-0.3, -0.25) is 0 Å². The van der Waals surface area contributed by atoms with Gasteiger partial charge in [0.05, 0.1) is 5.60 Å². The maximum Gasteiger partial charge on any atom is 0.0642 e. The minimum atomic E-state index is -0.590. The topological polar surface area (TPSA) is 20.2 Å². The summed E-state index contributed by atoms with van der Waals surface area (Å²) in [5.41, 5.74) is 0.688.